The van der Waals surface area contributed by atoms with Crippen LogP contribution in [-0.4, -0.2) is 34.3 Å². The third-order valence-electron chi connectivity index (χ3n) is 2.48. The van der Waals surface area contributed by atoms with Gasteiger partial charge in [-0.25, -0.2) is 13.1 Å². The summed E-state index contributed by atoms with van der Waals surface area (Å²) in [5.41, 5.74) is 7.32. The number of hydrogen-bond acceptors (Lipinski definition) is 4. The quantitative estimate of drug-likeness (QED) is 0.734. The van der Waals surface area contributed by atoms with Crippen LogP contribution in [0.2, 0.25) is 0 Å². The Balaban J connectivity index is 2.45. The van der Waals surface area contributed by atoms with Gasteiger partial charge in [-0.15, -0.1) is 0 Å². The highest BCUT2D eigenvalue weighted by Gasteiger charge is 2.06. The summed E-state index contributed by atoms with van der Waals surface area (Å²) in [6.07, 6.45) is 0. The molecule has 0 aliphatic carbocycles. The molecule has 1 aromatic rings. The van der Waals surface area contributed by atoms with Crippen LogP contribution in [-0.2, 0) is 10.0 Å². The summed E-state index contributed by atoms with van der Waals surface area (Å²) in [7, 11) is -1.19. The van der Waals surface area contributed by atoms with Crippen molar-refractivity contribution in [1.29, 1.82) is 0 Å². The standard InChI is InChI=1S/C11H19N3O2S/c1-3-17(15,16)13-8-9-14(2)11-6-4-10(12)5-7-11/h4-7,13H,3,8-9,12H2,1-2H3. The molecule has 0 fully saturated rings. The predicted molar refractivity (Wildman–Crippen MR) is 71.6 cm³/mol. The molecular weight excluding hydrogens is 238 g/mol. The molecule has 0 amide bonds. The fraction of sp³-hybridized carbons (Fsp3) is 0.455. The van der Waals surface area contributed by atoms with Crippen molar-refractivity contribution < 1.29 is 8.42 Å². The Morgan fingerprint density at radius 2 is 1.88 bits per heavy atom. The number of hydrogen-bond donors (Lipinski definition) is 2. The molecule has 0 heterocycles. The normalized spacial score (nSPS) is 11.4. The van der Waals surface area contributed by atoms with Gasteiger partial charge < -0.3 is 10.6 Å². The molecular formula is C11H19N3O2S. The lowest BCUT2D eigenvalue weighted by molar-refractivity contribution is 0.583. The SMILES string of the molecule is CCS(=O)(=O)NCCN(C)c1ccc(N)cc1. The van der Waals surface area contributed by atoms with E-state index in [9.17, 15) is 8.42 Å². The van der Waals surface area contributed by atoms with E-state index in [-0.39, 0.29) is 5.75 Å². The van der Waals surface area contributed by atoms with Crippen LogP contribution in [0.25, 0.3) is 0 Å². The average molecular weight is 257 g/mol. The molecule has 1 aromatic carbocycles. The van der Waals surface area contributed by atoms with Gasteiger partial charge in [0.1, 0.15) is 0 Å². The molecule has 3 N–H and O–H groups in total. The molecule has 5 nitrogen and oxygen atoms in total. The average Bonchev–Trinajstić information content (AvgIpc) is 2.29. The highest BCUT2D eigenvalue weighted by Crippen LogP contribution is 2.13. The zero-order valence-electron chi connectivity index (χ0n) is 10.2. The molecule has 0 aromatic heterocycles. The largest absolute Gasteiger partial charge is 0.399 e. The van der Waals surface area contributed by atoms with E-state index in [0.29, 0.717) is 18.8 Å². The van der Waals surface area contributed by atoms with Crippen LogP contribution >= 0.6 is 0 Å². The second-order valence-electron chi connectivity index (χ2n) is 3.81. The number of nitrogens with one attached hydrogen (secondary N) is 1. The van der Waals surface area contributed by atoms with E-state index in [1.807, 2.05) is 36.2 Å². The monoisotopic (exact) mass is 257 g/mol. The van der Waals surface area contributed by atoms with Crippen LogP contribution in [0.1, 0.15) is 6.92 Å². The lowest BCUT2D eigenvalue weighted by Gasteiger charge is -2.19. The Labute approximate surface area is 103 Å². The van der Waals surface area contributed by atoms with Gasteiger partial charge in [-0.3, -0.25) is 0 Å². The second kappa shape index (κ2) is 5.88. The number of benzene rings is 1. The molecule has 0 aliphatic rings. The van der Waals surface area contributed by atoms with Crippen molar-refractivity contribution in [1.82, 2.24) is 4.72 Å². The van der Waals surface area contributed by atoms with Crippen molar-refractivity contribution in [2.75, 3.05) is 36.5 Å². The first-order valence-corrected chi connectivity index (χ1v) is 7.14. The van der Waals surface area contributed by atoms with E-state index < -0.39 is 10.0 Å². The smallest absolute Gasteiger partial charge is 0.211 e. The Morgan fingerprint density at radius 1 is 1.29 bits per heavy atom. The Kier molecular flexibility index (Phi) is 4.77. The topological polar surface area (TPSA) is 75.4 Å². The zero-order valence-corrected chi connectivity index (χ0v) is 11.0. The third-order valence-corrected chi connectivity index (χ3v) is 3.89. The molecule has 0 saturated heterocycles. The highest BCUT2D eigenvalue weighted by molar-refractivity contribution is 7.89. The molecule has 6 heteroatoms. The van der Waals surface area contributed by atoms with Gasteiger partial charge in [0.15, 0.2) is 0 Å². The number of nitrogens with two attached hydrogens (primary N) is 1. The van der Waals surface area contributed by atoms with Crippen LogP contribution < -0.4 is 15.4 Å². The molecule has 0 bridgehead atoms. The van der Waals surface area contributed by atoms with E-state index in [2.05, 4.69) is 4.72 Å². The molecule has 0 radical (unpaired) electrons. The molecule has 96 valence electrons. The maximum Gasteiger partial charge on any atom is 0.211 e. The first-order chi connectivity index (χ1) is 7.94. The molecule has 1 rings (SSSR count). The first kappa shape index (κ1) is 13.8. The fourth-order valence-electron chi connectivity index (χ4n) is 1.33. The summed E-state index contributed by atoms with van der Waals surface area (Å²) in [5.74, 6) is 0.110. The van der Waals surface area contributed by atoms with Gasteiger partial charge in [0.05, 0.1) is 5.75 Å². The molecule has 0 atom stereocenters. The molecule has 0 unspecified atom stereocenters. The lowest BCUT2D eigenvalue weighted by Crippen LogP contribution is -2.33. The van der Waals surface area contributed by atoms with Crippen molar-refractivity contribution in [2.45, 2.75) is 6.92 Å². The minimum Gasteiger partial charge on any atom is -0.399 e. The summed E-state index contributed by atoms with van der Waals surface area (Å²) >= 11 is 0. The molecule has 17 heavy (non-hydrogen) atoms. The molecule has 0 spiro atoms. The maximum absolute atomic E-state index is 11.2. The third kappa shape index (κ3) is 4.62. The zero-order chi connectivity index (χ0) is 12.9. The second-order valence-corrected chi connectivity index (χ2v) is 5.91. The van der Waals surface area contributed by atoms with Gasteiger partial charge in [-0.2, -0.15) is 0 Å². The summed E-state index contributed by atoms with van der Waals surface area (Å²) in [5, 5.41) is 0. The van der Waals surface area contributed by atoms with Crippen LogP contribution in [0.5, 0.6) is 0 Å². The molecule has 0 saturated carbocycles. The number of sulfonamides is 1. The van der Waals surface area contributed by atoms with Crippen molar-refractivity contribution in [3.05, 3.63) is 24.3 Å². The van der Waals surface area contributed by atoms with Crippen molar-refractivity contribution >= 4 is 21.4 Å². The molecule has 0 aliphatic heterocycles. The van der Waals surface area contributed by atoms with E-state index in [1.165, 1.54) is 0 Å². The minimum atomic E-state index is -3.10. The van der Waals surface area contributed by atoms with E-state index in [1.54, 1.807) is 6.92 Å². The first-order valence-electron chi connectivity index (χ1n) is 5.48. The minimum absolute atomic E-state index is 0.110. The Morgan fingerprint density at radius 3 is 2.41 bits per heavy atom. The van der Waals surface area contributed by atoms with Gasteiger partial charge >= 0.3 is 0 Å². The van der Waals surface area contributed by atoms with Gasteiger partial charge in [0.2, 0.25) is 10.0 Å². The summed E-state index contributed by atoms with van der Waals surface area (Å²) in [4.78, 5) is 1.97. The number of rotatable bonds is 6. The summed E-state index contributed by atoms with van der Waals surface area (Å²) < 4.78 is 25.0. The Bertz CT molecular complexity index is 442. The van der Waals surface area contributed by atoms with Crippen LogP contribution in [0.15, 0.2) is 24.3 Å². The van der Waals surface area contributed by atoms with Crippen molar-refractivity contribution in [2.24, 2.45) is 0 Å². The number of nitrogen functional groups attached to an aromatic ring is 1. The van der Waals surface area contributed by atoms with Gasteiger partial charge in [0, 0.05) is 31.5 Å². The number of nitrogens with zero attached hydrogens (tertiary/aromatic N) is 1. The number of likely N-dealkylation sites (N-methyl/N-ethyl adjacent to an activating group) is 1. The van der Waals surface area contributed by atoms with Crippen molar-refractivity contribution in [3.8, 4) is 0 Å². The van der Waals surface area contributed by atoms with Gasteiger partial charge in [0.25, 0.3) is 0 Å². The van der Waals surface area contributed by atoms with Crippen molar-refractivity contribution in [3.63, 3.8) is 0 Å². The number of anilines is 2. The lowest BCUT2D eigenvalue weighted by atomic mass is 10.2. The van der Waals surface area contributed by atoms with Crippen LogP contribution in [0.4, 0.5) is 11.4 Å². The predicted octanol–water partition coefficient (Wildman–Crippen LogP) is 0.644. The summed E-state index contributed by atoms with van der Waals surface area (Å²) in [6, 6.07) is 7.46. The van der Waals surface area contributed by atoms with E-state index in [0.717, 1.165) is 5.69 Å². The van der Waals surface area contributed by atoms with E-state index >= 15 is 0 Å². The van der Waals surface area contributed by atoms with Gasteiger partial charge in [-0.05, 0) is 31.2 Å². The maximum atomic E-state index is 11.2. The Hall–Kier alpha value is -1.27. The fourth-order valence-corrected chi connectivity index (χ4v) is 1.94. The van der Waals surface area contributed by atoms with Crippen LogP contribution in [0.3, 0.4) is 0 Å². The van der Waals surface area contributed by atoms with E-state index in [4.69, 9.17) is 5.73 Å². The van der Waals surface area contributed by atoms with Gasteiger partial charge in [-0.1, -0.05) is 0 Å². The summed E-state index contributed by atoms with van der Waals surface area (Å²) in [6.45, 7) is 2.63. The van der Waals surface area contributed by atoms with Crippen LogP contribution in [0, 0.1) is 0 Å². The highest BCUT2D eigenvalue weighted by atomic mass is 32.2.